The maximum absolute atomic E-state index is 5.87. The summed E-state index contributed by atoms with van der Waals surface area (Å²) in [5, 5.41) is 0.756. The van der Waals surface area contributed by atoms with Crippen LogP contribution in [0.15, 0.2) is 23.1 Å². The molecule has 3 heteroatoms. The molecule has 0 saturated carbocycles. The normalized spacial score (nSPS) is 11.0. The average Bonchev–Trinajstić information content (AvgIpc) is 2.22. The van der Waals surface area contributed by atoms with E-state index in [1.807, 2.05) is 12.1 Å². The molecule has 0 aliphatic carbocycles. The minimum absolute atomic E-state index is 0.756. The Morgan fingerprint density at radius 1 is 1.27 bits per heavy atom. The molecule has 0 fully saturated rings. The lowest BCUT2D eigenvalue weighted by Crippen LogP contribution is -2.25. The summed E-state index contributed by atoms with van der Waals surface area (Å²) in [5.74, 6) is 0. The van der Waals surface area contributed by atoms with Crippen LogP contribution >= 0.6 is 24.2 Å². The second kappa shape index (κ2) is 6.41. The van der Waals surface area contributed by atoms with Gasteiger partial charge in [0.25, 0.3) is 0 Å². The maximum Gasteiger partial charge on any atom is 0.0417 e. The van der Waals surface area contributed by atoms with E-state index < -0.39 is 0 Å². The fourth-order valence-corrected chi connectivity index (χ4v) is 2.14. The summed E-state index contributed by atoms with van der Waals surface area (Å²) >= 11 is 10.3. The molecule has 0 N–H and O–H groups in total. The molecular formula is C12H18ClNS. The SMILES string of the molecule is CCN(CC)CCc1ccc(Cl)cc1S. The van der Waals surface area contributed by atoms with Crippen LogP contribution in [0.2, 0.25) is 5.02 Å². The minimum atomic E-state index is 0.756. The van der Waals surface area contributed by atoms with Crippen LogP contribution in [0, 0.1) is 0 Å². The first-order chi connectivity index (χ1) is 7.17. The molecule has 1 aromatic carbocycles. The topological polar surface area (TPSA) is 3.24 Å². The number of halogens is 1. The Balaban J connectivity index is 2.57. The highest BCUT2D eigenvalue weighted by Gasteiger charge is 2.03. The monoisotopic (exact) mass is 243 g/mol. The second-order valence-electron chi connectivity index (χ2n) is 3.55. The van der Waals surface area contributed by atoms with Crippen LogP contribution in [-0.4, -0.2) is 24.5 Å². The number of hydrogen-bond donors (Lipinski definition) is 1. The predicted molar refractivity (Wildman–Crippen MR) is 70.2 cm³/mol. The highest BCUT2D eigenvalue weighted by Crippen LogP contribution is 2.19. The van der Waals surface area contributed by atoms with Gasteiger partial charge in [-0.05, 0) is 37.2 Å². The van der Waals surface area contributed by atoms with Crippen LogP contribution in [0.5, 0.6) is 0 Å². The summed E-state index contributed by atoms with van der Waals surface area (Å²) in [7, 11) is 0. The van der Waals surface area contributed by atoms with Crippen LogP contribution in [0.25, 0.3) is 0 Å². The van der Waals surface area contributed by atoms with Crippen LogP contribution in [0.4, 0.5) is 0 Å². The lowest BCUT2D eigenvalue weighted by Gasteiger charge is -2.18. The third-order valence-electron chi connectivity index (χ3n) is 2.64. The molecule has 0 radical (unpaired) electrons. The van der Waals surface area contributed by atoms with E-state index in [1.165, 1.54) is 5.56 Å². The van der Waals surface area contributed by atoms with E-state index in [1.54, 1.807) is 0 Å². The van der Waals surface area contributed by atoms with E-state index in [0.29, 0.717) is 0 Å². The molecule has 0 aliphatic rings. The first-order valence-corrected chi connectivity index (χ1v) is 6.19. The minimum Gasteiger partial charge on any atom is -0.304 e. The van der Waals surface area contributed by atoms with Gasteiger partial charge < -0.3 is 4.90 Å². The molecule has 0 bridgehead atoms. The van der Waals surface area contributed by atoms with Gasteiger partial charge in [0.15, 0.2) is 0 Å². The molecule has 0 aromatic heterocycles. The first-order valence-electron chi connectivity index (χ1n) is 5.37. The van der Waals surface area contributed by atoms with Gasteiger partial charge in [0.2, 0.25) is 0 Å². The van der Waals surface area contributed by atoms with Crippen LogP contribution < -0.4 is 0 Å². The fraction of sp³-hybridized carbons (Fsp3) is 0.500. The zero-order valence-corrected chi connectivity index (χ0v) is 11.0. The second-order valence-corrected chi connectivity index (χ2v) is 4.47. The molecule has 0 atom stereocenters. The molecule has 0 saturated heterocycles. The van der Waals surface area contributed by atoms with Crippen LogP contribution in [0.3, 0.4) is 0 Å². The summed E-state index contributed by atoms with van der Waals surface area (Å²) in [6.07, 6.45) is 1.04. The lowest BCUT2D eigenvalue weighted by atomic mass is 10.1. The molecule has 1 rings (SSSR count). The number of nitrogens with zero attached hydrogens (tertiary/aromatic N) is 1. The van der Waals surface area contributed by atoms with Gasteiger partial charge in [-0.25, -0.2) is 0 Å². The van der Waals surface area contributed by atoms with Crippen LogP contribution in [0.1, 0.15) is 19.4 Å². The molecule has 0 spiro atoms. The Bertz CT molecular complexity index is 310. The number of hydrogen-bond acceptors (Lipinski definition) is 2. The quantitative estimate of drug-likeness (QED) is 0.775. The maximum atomic E-state index is 5.87. The zero-order valence-electron chi connectivity index (χ0n) is 9.33. The van der Waals surface area contributed by atoms with Gasteiger partial charge in [0.05, 0.1) is 0 Å². The van der Waals surface area contributed by atoms with Gasteiger partial charge in [-0.15, -0.1) is 12.6 Å². The number of rotatable bonds is 5. The summed E-state index contributed by atoms with van der Waals surface area (Å²) in [6.45, 7) is 7.67. The van der Waals surface area contributed by atoms with E-state index >= 15 is 0 Å². The van der Waals surface area contributed by atoms with Crippen molar-refractivity contribution in [2.75, 3.05) is 19.6 Å². The van der Waals surface area contributed by atoms with E-state index in [9.17, 15) is 0 Å². The Morgan fingerprint density at radius 3 is 2.47 bits per heavy atom. The Kier molecular flexibility index (Phi) is 5.51. The predicted octanol–water partition coefficient (Wildman–Crippen LogP) is 3.51. The van der Waals surface area contributed by atoms with Crippen molar-refractivity contribution < 1.29 is 0 Å². The van der Waals surface area contributed by atoms with Crippen molar-refractivity contribution in [3.63, 3.8) is 0 Å². The molecule has 0 amide bonds. The molecule has 1 aromatic rings. The summed E-state index contributed by atoms with van der Waals surface area (Å²) in [4.78, 5) is 3.40. The smallest absolute Gasteiger partial charge is 0.0417 e. The molecule has 0 aliphatic heterocycles. The summed E-state index contributed by atoms with van der Waals surface area (Å²) in [6, 6.07) is 5.90. The zero-order chi connectivity index (χ0) is 11.3. The molecule has 0 heterocycles. The average molecular weight is 244 g/mol. The van der Waals surface area contributed by atoms with Crippen molar-refractivity contribution in [1.82, 2.24) is 4.90 Å². The Morgan fingerprint density at radius 2 is 1.93 bits per heavy atom. The molecule has 1 nitrogen and oxygen atoms in total. The van der Waals surface area contributed by atoms with E-state index in [4.69, 9.17) is 11.6 Å². The van der Waals surface area contributed by atoms with Gasteiger partial charge in [0, 0.05) is 16.5 Å². The molecule has 0 unspecified atom stereocenters. The highest BCUT2D eigenvalue weighted by molar-refractivity contribution is 7.80. The van der Waals surface area contributed by atoms with Gasteiger partial charge >= 0.3 is 0 Å². The third kappa shape index (κ3) is 4.06. The summed E-state index contributed by atoms with van der Waals surface area (Å²) < 4.78 is 0. The van der Waals surface area contributed by atoms with Gasteiger partial charge in [0.1, 0.15) is 0 Å². The number of benzene rings is 1. The van der Waals surface area contributed by atoms with Crippen molar-refractivity contribution in [1.29, 1.82) is 0 Å². The molecule has 15 heavy (non-hydrogen) atoms. The number of thiol groups is 1. The van der Waals surface area contributed by atoms with Crippen LogP contribution in [-0.2, 0) is 6.42 Å². The molecule has 84 valence electrons. The lowest BCUT2D eigenvalue weighted by molar-refractivity contribution is 0.307. The van der Waals surface area contributed by atoms with Gasteiger partial charge in [-0.2, -0.15) is 0 Å². The highest BCUT2D eigenvalue weighted by atomic mass is 35.5. The van der Waals surface area contributed by atoms with Gasteiger partial charge in [-0.1, -0.05) is 31.5 Å². The first kappa shape index (κ1) is 12.9. The van der Waals surface area contributed by atoms with E-state index in [2.05, 4.69) is 37.4 Å². The van der Waals surface area contributed by atoms with Gasteiger partial charge in [-0.3, -0.25) is 0 Å². The van der Waals surface area contributed by atoms with Crippen molar-refractivity contribution >= 4 is 24.2 Å². The van der Waals surface area contributed by atoms with Crippen molar-refractivity contribution in [2.45, 2.75) is 25.2 Å². The fourth-order valence-electron chi connectivity index (χ4n) is 1.57. The van der Waals surface area contributed by atoms with Crippen molar-refractivity contribution in [3.8, 4) is 0 Å². The number of likely N-dealkylation sites (N-methyl/N-ethyl adjacent to an activating group) is 1. The van der Waals surface area contributed by atoms with E-state index in [-0.39, 0.29) is 0 Å². The van der Waals surface area contributed by atoms with Crippen molar-refractivity contribution in [3.05, 3.63) is 28.8 Å². The Labute approximate surface area is 103 Å². The standard InChI is InChI=1S/C12H18ClNS/c1-3-14(4-2)8-7-10-5-6-11(13)9-12(10)15/h5-6,9,15H,3-4,7-8H2,1-2H3. The largest absolute Gasteiger partial charge is 0.304 e. The Hall–Kier alpha value is -0.180. The molecular weight excluding hydrogens is 226 g/mol. The van der Waals surface area contributed by atoms with Crippen molar-refractivity contribution in [2.24, 2.45) is 0 Å². The summed E-state index contributed by atoms with van der Waals surface area (Å²) in [5.41, 5.74) is 1.27. The van der Waals surface area contributed by atoms with E-state index in [0.717, 1.165) is 36.0 Å². The third-order valence-corrected chi connectivity index (χ3v) is 3.29.